The molecule has 11 nitrogen and oxygen atoms in total. The van der Waals surface area contributed by atoms with Crippen LogP contribution in [0.4, 0.5) is 15.0 Å². The van der Waals surface area contributed by atoms with E-state index in [0.717, 1.165) is 67.0 Å². The van der Waals surface area contributed by atoms with E-state index in [1.807, 2.05) is 71.6 Å². The van der Waals surface area contributed by atoms with Crippen molar-refractivity contribution in [2.75, 3.05) is 51.9 Å². The molecule has 0 radical (unpaired) electrons. The minimum Gasteiger partial charge on any atom is -0.497 e. The number of amides is 1. The summed E-state index contributed by atoms with van der Waals surface area (Å²) < 4.78 is 46.4. The summed E-state index contributed by atoms with van der Waals surface area (Å²) in [6, 6.07) is 31.0. The molecule has 0 saturated carbocycles. The Balaban J connectivity index is 1.18. The first kappa shape index (κ1) is 40.3. The van der Waals surface area contributed by atoms with Gasteiger partial charge >= 0.3 is 12.1 Å². The molecule has 6 aromatic rings. The second-order valence-corrected chi connectivity index (χ2v) is 16.3. The maximum atomic E-state index is 15.7. The molecule has 3 aliphatic rings. The molecule has 3 atom stereocenters. The number of piperazine rings is 1. The molecule has 316 valence electrons. The number of nitrogens with zero attached hydrogens (tertiary/aromatic N) is 5. The molecule has 2 bridgehead atoms. The number of carbonyl (C=O) groups is 1. The van der Waals surface area contributed by atoms with Crippen LogP contribution < -0.4 is 23.8 Å². The highest BCUT2D eigenvalue weighted by Crippen LogP contribution is 2.45. The standard InChI is InChI=1S/C49H52FN5O6/c1-4-5-22-58-49(56)55-34-17-18-35(55)29-54(28-34)47-42-27-45(61-46-25-37(57-3)19-20-43(46)50)41(26-44(42)51-48(52-47)60-31-36-15-11-21-53(36)2)40-24-38(23-33-14-9-10-16-39(33)40)59-30-32-12-7-6-8-13-32/h6-10,12-14,16,19-20,23-27,34-36H,4-5,11,15,17-18,21-22,28-31H2,1-3H3/t34-,35+,36-/m0/s1. The van der Waals surface area contributed by atoms with Crippen molar-refractivity contribution in [1.82, 2.24) is 19.8 Å². The number of hydrogen-bond donors (Lipinski definition) is 0. The number of hydrogen-bond acceptors (Lipinski definition) is 10. The Bertz CT molecular complexity index is 2510. The topological polar surface area (TPSA) is 98.7 Å². The summed E-state index contributed by atoms with van der Waals surface area (Å²) in [6.45, 7) is 5.48. The zero-order valence-corrected chi connectivity index (χ0v) is 35.0. The highest BCUT2D eigenvalue weighted by Gasteiger charge is 2.44. The molecule has 9 rings (SSSR count). The van der Waals surface area contributed by atoms with E-state index in [9.17, 15) is 4.79 Å². The highest BCUT2D eigenvalue weighted by atomic mass is 19.1. The van der Waals surface area contributed by atoms with Crippen LogP contribution in [0.25, 0.3) is 32.8 Å². The van der Waals surface area contributed by atoms with Gasteiger partial charge in [-0.1, -0.05) is 67.9 Å². The van der Waals surface area contributed by atoms with Crippen molar-refractivity contribution in [2.45, 2.75) is 70.2 Å². The van der Waals surface area contributed by atoms with Crippen LogP contribution in [-0.2, 0) is 11.3 Å². The van der Waals surface area contributed by atoms with E-state index in [0.29, 0.717) is 72.4 Å². The fourth-order valence-electron chi connectivity index (χ4n) is 8.97. The lowest BCUT2D eigenvalue weighted by molar-refractivity contribution is 0.0776. The average Bonchev–Trinajstić information content (AvgIpc) is 3.82. The number of aromatic nitrogens is 2. The summed E-state index contributed by atoms with van der Waals surface area (Å²) in [4.78, 5) is 30.0. The number of likely N-dealkylation sites (N-methyl/N-ethyl adjacent to an activating group) is 1. The lowest BCUT2D eigenvalue weighted by Gasteiger charge is -2.41. The van der Waals surface area contributed by atoms with Crippen LogP contribution in [0.2, 0.25) is 0 Å². The van der Waals surface area contributed by atoms with E-state index in [4.69, 9.17) is 33.7 Å². The summed E-state index contributed by atoms with van der Waals surface area (Å²) in [5.41, 5.74) is 3.19. The maximum Gasteiger partial charge on any atom is 0.410 e. The molecule has 1 amide bonds. The number of rotatable bonds is 14. The summed E-state index contributed by atoms with van der Waals surface area (Å²) in [5, 5.41) is 2.64. The van der Waals surface area contributed by atoms with Crippen molar-refractivity contribution >= 4 is 33.6 Å². The summed E-state index contributed by atoms with van der Waals surface area (Å²) in [5.74, 6) is 1.68. The second kappa shape index (κ2) is 17.8. The largest absolute Gasteiger partial charge is 0.497 e. The summed E-state index contributed by atoms with van der Waals surface area (Å²) in [7, 11) is 3.66. The number of ether oxygens (including phenoxy) is 5. The van der Waals surface area contributed by atoms with Gasteiger partial charge in [0.15, 0.2) is 11.6 Å². The zero-order valence-electron chi connectivity index (χ0n) is 35.0. The third kappa shape index (κ3) is 8.59. The second-order valence-electron chi connectivity index (χ2n) is 16.3. The Labute approximate surface area is 355 Å². The van der Waals surface area contributed by atoms with Gasteiger partial charge in [0.2, 0.25) is 0 Å². The van der Waals surface area contributed by atoms with Crippen molar-refractivity contribution in [3.05, 3.63) is 108 Å². The first-order chi connectivity index (χ1) is 29.8. The van der Waals surface area contributed by atoms with Crippen molar-refractivity contribution in [2.24, 2.45) is 0 Å². The minimum absolute atomic E-state index is 0.0112. The van der Waals surface area contributed by atoms with Crippen LogP contribution in [0.15, 0.2) is 97.1 Å². The van der Waals surface area contributed by atoms with Crippen LogP contribution in [0.5, 0.6) is 29.0 Å². The number of likely N-dealkylation sites (tertiary alicyclic amines) is 1. The van der Waals surface area contributed by atoms with Gasteiger partial charge in [0.05, 0.1) is 31.3 Å². The molecule has 4 heterocycles. The average molecular weight is 826 g/mol. The van der Waals surface area contributed by atoms with Gasteiger partial charge in [0.1, 0.15) is 36.3 Å². The van der Waals surface area contributed by atoms with Crippen LogP contribution >= 0.6 is 0 Å². The monoisotopic (exact) mass is 825 g/mol. The fourth-order valence-corrected chi connectivity index (χ4v) is 8.97. The third-order valence-electron chi connectivity index (χ3n) is 12.3. The van der Waals surface area contributed by atoms with Gasteiger partial charge in [-0.2, -0.15) is 9.97 Å². The van der Waals surface area contributed by atoms with Gasteiger partial charge in [-0.15, -0.1) is 0 Å². The molecule has 3 saturated heterocycles. The molecule has 5 aromatic carbocycles. The predicted octanol–water partition coefficient (Wildman–Crippen LogP) is 10.0. The third-order valence-corrected chi connectivity index (χ3v) is 12.3. The summed E-state index contributed by atoms with van der Waals surface area (Å²) >= 11 is 0. The van der Waals surface area contributed by atoms with E-state index in [1.54, 1.807) is 12.1 Å². The number of benzene rings is 5. The molecular formula is C49H52FN5O6. The van der Waals surface area contributed by atoms with E-state index in [2.05, 4.69) is 35.9 Å². The van der Waals surface area contributed by atoms with Crippen LogP contribution in [0.3, 0.4) is 0 Å². The van der Waals surface area contributed by atoms with Crippen molar-refractivity contribution in [1.29, 1.82) is 0 Å². The molecular weight excluding hydrogens is 774 g/mol. The van der Waals surface area contributed by atoms with Crippen molar-refractivity contribution < 1.29 is 32.9 Å². The van der Waals surface area contributed by atoms with Gasteiger partial charge < -0.3 is 33.5 Å². The van der Waals surface area contributed by atoms with E-state index < -0.39 is 5.82 Å². The van der Waals surface area contributed by atoms with E-state index in [1.165, 1.54) is 13.2 Å². The molecule has 0 aliphatic carbocycles. The molecule has 3 aliphatic heterocycles. The van der Waals surface area contributed by atoms with Crippen molar-refractivity contribution in [3.8, 4) is 40.1 Å². The maximum absolute atomic E-state index is 15.7. The number of methoxy groups -OCH3 is 1. The molecule has 0 unspecified atom stereocenters. The number of unbranched alkanes of at least 4 members (excludes halogenated alkanes) is 1. The van der Waals surface area contributed by atoms with Gasteiger partial charge in [0, 0.05) is 36.1 Å². The molecule has 61 heavy (non-hydrogen) atoms. The lowest BCUT2D eigenvalue weighted by Crippen LogP contribution is -2.56. The smallest absolute Gasteiger partial charge is 0.410 e. The summed E-state index contributed by atoms with van der Waals surface area (Å²) in [6.07, 6.45) is 5.43. The van der Waals surface area contributed by atoms with Gasteiger partial charge in [-0.3, -0.25) is 4.90 Å². The molecule has 0 spiro atoms. The van der Waals surface area contributed by atoms with Crippen molar-refractivity contribution in [3.63, 3.8) is 0 Å². The van der Waals surface area contributed by atoms with Crippen LogP contribution in [-0.4, -0.2) is 91.0 Å². The zero-order chi connectivity index (χ0) is 41.9. The normalized spacial score (nSPS) is 18.8. The van der Waals surface area contributed by atoms with E-state index in [-0.39, 0.29) is 36.0 Å². The van der Waals surface area contributed by atoms with Crippen LogP contribution in [0.1, 0.15) is 51.0 Å². The Hall–Kier alpha value is -6.14. The molecule has 3 fully saturated rings. The molecule has 1 aromatic heterocycles. The highest BCUT2D eigenvalue weighted by molar-refractivity contribution is 6.03. The number of fused-ring (bicyclic) bond motifs is 4. The fraction of sp³-hybridized carbons (Fsp3) is 0.367. The lowest BCUT2D eigenvalue weighted by atomic mass is 9.95. The van der Waals surface area contributed by atoms with E-state index >= 15 is 4.39 Å². The molecule has 12 heteroatoms. The first-order valence-electron chi connectivity index (χ1n) is 21.4. The van der Waals surface area contributed by atoms with Gasteiger partial charge in [-0.05, 0) is 104 Å². The Morgan fingerprint density at radius 1 is 0.820 bits per heavy atom. The molecule has 0 N–H and O–H groups in total. The quantitative estimate of drug-likeness (QED) is 0.0988. The first-order valence-corrected chi connectivity index (χ1v) is 21.4. The Kier molecular flexibility index (Phi) is 11.8. The number of anilines is 1. The Morgan fingerprint density at radius 2 is 1.62 bits per heavy atom. The number of carbonyl (C=O) groups excluding carboxylic acids is 1. The Morgan fingerprint density at radius 3 is 2.39 bits per heavy atom. The SMILES string of the molecule is CCCCOC(=O)N1[C@@H]2CC[C@H]1CN(c1nc(OC[C@@H]3CCCN3C)nc3cc(-c4cc(OCc5ccccc5)cc5ccccc45)c(Oc4cc(OC)ccc4F)cc13)C2. The predicted molar refractivity (Wildman–Crippen MR) is 235 cm³/mol. The number of halogens is 1. The van der Waals surface area contributed by atoms with Gasteiger partial charge in [0.25, 0.3) is 0 Å². The van der Waals surface area contributed by atoms with Crippen LogP contribution in [0, 0.1) is 5.82 Å². The van der Waals surface area contributed by atoms with Gasteiger partial charge in [-0.25, -0.2) is 9.18 Å². The minimum atomic E-state index is -0.535.